The maximum Gasteiger partial charge on any atom is 0.0536 e. The van der Waals surface area contributed by atoms with E-state index in [1.165, 1.54) is 5.56 Å². The molecule has 2 aromatic heterocycles. The standard InChI is InChI=1S/C15H23N5O/c1-18-9-13(8-17-18)15-11-19(10-14(15)12-21-2)6-7-20-5-3-4-16-20/h3-5,8-9,14-15H,6-7,10-12H2,1-2H3/t14-,15-/m0/s1. The molecule has 6 heteroatoms. The van der Waals surface area contributed by atoms with Gasteiger partial charge in [-0.15, -0.1) is 0 Å². The fourth-order valence-corrected chi connectivity index (χ4v) is 3.21. The van der Waals surface area contributed by atoms with Crippen molar-refractivity contribution in [2.24, 2.45) is 13.0 Å². The largest absolute Gasteiger partial charge is 0.384 e. The maximum absolute atomic E-state index is 5.41. The lowest BCUT2D eigenvalue weighted by molar-refractivity contribution is 0.147. The van der Waals surface area contributed by atoms with Crippen LogP contribution in [0.4, 0.5) is 0 Å². The summed E-state index contributed by atoms with van der Waals surface area (Å²) in [5, 5.41) is 8.58. The third kappa shape index (κ3) is 3.33. The Hall–Kier alpha value is -1.66. The van der Waals surface area contributed by atoms with Gasteiger partial charge in [0.15, 0.2) is 0 Å². The molecule has 0 spiro atoms. The molecule has 114 valence electrons. The van der Waals surface area contributed by atoms with Gasteiger partial charge in [0, 0.05) is 64.2 Å². The number of hydrogen-bond donors (Lipinski definition) is 0. The monoisotopic (exact) mass is 289 g/mol. The van der Waals surface area contributed by atoms with Gasteiger partial charge in [0.25, 0.3) is 0 Å². The normalized spacial score (nSPS) is 23.0. The average molecular weight is 289 g/mol. The van der Waals surface area contributed by atoms with E-state index >= 15 is 0 Å². The van der Waals surface area contributed by atoms with Crippen LogP contribution in [-0.4, -0.2) is 57.8 Å². The summed E-state index contributed by atoms with van der Waals surface area (Å²) in [7, 11) is 3.76. The highest BCUT2D eigenvalue weighted by Crippen LogP contribution is 2.32. The lowest BCUT2D eigenvalue weighted by Crippen LogP contribution is -2.26. The summed E-state index contributed by atoms with van der Waals surface area (Å²) in [4.78, 5) is 2.50. The van der Waals surface area contributed by atoms with E-state index in [0.29, 0.717) is 11.8 Å². The zero-order valence-corrected chi connectivity index (χ0v) is 12.7. The number of aromatic nitrogens is 4. The SMILES string of the molecule is COC[C@@H]1CN(CCn2cccn2)C[C@H]1c1cnn(C)c1. The van der Waals surface area contributed by atoms with Crippen molar-refractivity contribution < 1.29 is 4.74 Å². The van der Waals surface area contributed by atoms with E-state index in [2.05, 4.69) is 21.3 Å². The minimum Gasteiger partial charge on any atom is -0.384 e. The Morgan fingerprint density at radius 3 is 2.86 bits per heavy atom. The first kappa shape index (κ1) is 14.3. The fourth-order valence-electron chi connectivity index (χ4n) is 3.21. The summed E-state index contributed by atoms with van der Waals surface area (Å²) in [5.41, 5.74) is 1.32. The van der Waals surface area contributed by atoms with Crippen molar-refractivity contribution in [3.05, 3.63) is 36.4 Å². The molecule has 2 atom stereocenters. The van der Waals surface area contributed by atoms with E-state index in [0.717, 1.165) is 32.8 Å². The first-order valence-electron chi connectivity index (χ1n) is 7.43. The van der Waals surface area contributed by atoms with E-state index in [1.54, 1.807) is 7.11 Å². The van der Waals surface area contributed by atoms with Crippen LogP contribution >= 0.6 is 0 Å². The molecule has 0 unspecified atom stereocenters. The quantitative estimate of drug-likeness (QED) is 0.795. The van der Waals surface area contributed by atoms with Crippen LogP contribution in [0.15, 0.2) is 30.9 Å². The molecule has 6 nitrogen and oxygen atoms in total. The molecule has 21 heavy (non-hydrogen) atoms. The van der Waals surface area contributed by atoms with Gasteiger partial charge >= 0.3 is 0 Å². The molecule has 0 bridgehead atoms. The second-order valence-electron chi connectivity index (χ2n) is 5.80. The molecule has 0 saturated carbocycles. The van der Waals surface area contributed by atoms with Crippen molar-refractivity contribution in [2.45, 2.75) is 12.5 Å². The van der Waals surface area contributed by atoms with Gasteiger partial charge in [0.1, 0.15) is 0 Å². The van der Waals surface area contributed by atoms with E-state index in [-0.39, 0.29) is 0 Å². The molecule has 0 amide bonds. The summed E-state index contributed by atoms with van der Waals surface area (Å²) >= 11 is 0. The van der Waals surface area contributed by atoms with Crippen LogP contribution in [0, 0.1) is 5.92 Å². The first-order chi connectivity index (χ1) is 10.3. The highest BCUT2D eigenvalue weighted by molar-refractivity contribution is 5.16. The van der Waals surface area contributed by atoms with Gasteiger partial charge in [0.05, 0.1) is 19.3 Å². The van der Waals surface area contributed by atoms with Crippen molar-refractivity contribution in [1.29, 1.82) is 0 Å². The van der Waals surface area contributed by atoms with Gasteiger partial charge in [-0.05, 0) is 11.6 Å². The second kappa shape index (κ2) is 6.41. The third-order valence-electron chi connectivity index (χ3n) is 4.25. The molecular formula is C15H23N5O. The van der Waals surface area contributed by atoms with Crippen molar-refractivity contribution in [1.82, 2.24) is 24.5 Å². The molecule has 2 aromatic rings. The predicted molar refractivity (Wildman–Crippen MR) is 80.0 cm³/mol. The Kier molecular flexibility index (Phi) is 4.36. The zero-order valence-electron chi connectivity index (χ0n) is 12.7. The summed E-state index contributed by atoms with van der Waals surface area (Å²) in [6.07, 6.45) is 7.96. The topological polar surface area (TPSA) is 48.1 Å². The summed E-state index contributed by atoms with van der Waals surface area (Å²) in [6, 6.07) is 1.97. The Balaban J connectivity index is 1.63. The molecular weight excluding hydrogens is 266 g/mol. The van der Waals surface area contributed by atoms with Crippen LogP contribution in [0.5, 0.6) is 0 Å². The Bertz CT molecular complexity index is 550. The molecule has 0 N–H and O–H groups in total. The molecule has 1 fully saturated rings. The molecule has 0 aliphatic carbocycles. The van der Waals surface area contributed by atoms with Crippen LogP contribution in [0.2, 0.25) is 0 Å². The number of likely N-dealkylation sites (tertiary alicyclic amines) is 1. The van der Waals surface area contributed by atoms with Crippen LogP contribution in [0.1, 0.15) is 11.5 Å². The first-order valence-corrected chi connectivity index (χ1v) is 7.43. The van der Waals surface area contributed by atoms with E-state index in [9.17, 15) is 0 Å². The summed E-state index contributed by atoms with van der Waals surface area (Å²) in [6.45, 7) is 4.92. The molecule has 1 saturated heterocycles. The van der Waals surface area contributed by atoms with Crippen LogP contribution in [0.25, 0.3) is 0 Å². The third-order valence-corrected chi connectivity index (χ3v) is 4.25. The fraction of sp³-hybridized carbons (Fsp3) is 0.600. The number of hydrogen-bond acceptors (Lipinski definition) is 4. The highest BCUT2D eigenvalue weighted by Gasteiger charge is 2.34. The summed E-state index contributed by atoms with van der Waals surface area (Å²) in [5.74, 6) is 1.05. The minimum atomic E-state index is 0.510. The van der Waals surface area contributed by atoms with Crippen LogP contribution in [-0.2, 0) is 18.3 Å². The number of nitrogens with zero attached hydrogens (tertiary/aromatic N) is 5. The average Bonchev–Trinajstić information content (AvgIpc) is 3.17. The number of methoxy groups -OCH3 is 1. The van der Waals surface area contributed by atoms with Crippen molar-refractivity contribution in [3.63, 3.8) is 0 Å². The van der Waals surface area contributed by atoms with Gasteiger partial charge in [-0.25, -0.2) is 0 Å². The van der Waals surface area contributed by atoms with Gasteiger partial charge in [-0.3, -0.25) is 9.36 Å². The Morgan fingerprint density at radius 2 is 2.19 bits per heavy atom. The lowest BCUT2D eigenvalue weighted by Gasteiger charge is -2.15. The van der Waals surface area contributed by atoms with E-state index in [1.807, 2.05) is 41.1 Å². The summed E-state index contributed by atoms with van der Waals surface area (Å²) < 4.78 is 9.28. The Labute approximate surface area is 125 Å². The minimum absolute atomic E-state index is 0.510. The van der Waals surface area contributed by atoms with Crippen LogP contribution in [0.3, 0.4) is 0 Å². The van der Waals surface area contributed by atoms with Crippen molar-refractivity contribution in [3.8, 4) is 0 Å². The van der Waals surface area contributed by atoms with Crippen molar-refractivity contribution >= 4 is 0 Å². The van der Waals surface area contributed by atoms with Gasteiger partial charge in [-0.2, -0.15) is 10.2 Å². The maximum atomic E-state index is 5.41. The number of ether oxygens (including phenoxy) is 1. The number of rotatable bonds is 6. The van der Waals surface area contributed by atoms with Gasteiger partial charge in [-0.1, -0.05) is 0 Å². The van der Waals surface area contributed by atoms with E-state index in [4.69, 9.17) is 4.74 Å². The van der Waals surface area contributed by atoms with E-state index < -0.39 is 0 Å². The predicted octanol–water partition coefficient (Wildman–Crippen LogP) is 0.979. The molecule has 1 aliphatic rings. The zero-order chi connectivity index (χ0) is 14.7. The lowest BCUT2D eigenvalue weighted by atomic mass is 9.92. The number of aryl methyl sites for hydroxylation is 1. The van der Waals surface area contributed by atoms with Gasteiger partial charge < -0.3 is 9.64 Å². The molecule has 0 radical (unpaired) electrons. The molecule has 3 rings (SSSR count). The Morgan fingerprint density at radius 1 is 1.29 bits per heavy atom. The molecule has 0 aromatic carbocycles. The van der Waals surface area contributed by atoms with Crippen LogP contribution < -0.4 is 0 Å². The van der Waals surface area contributed by atoms with Gasteiger partial charge in [0.2, 0.25) is 0 Å². The smallest absolute Gasteiger partial charge is 0.0536 e. The second-order valence-corrected chi connectivity index (χ2v) is 5.80. The highest BCUT2D eigenvalue weighted by atomic mass is 16.5. The molecule has 3 heterocycles. The molecule has 1 aliphatic heterocycles. The van der Waals surface area contributed by atoms with Crippen molar-refractivity contribution in [2.75, 3.05) is 33.4 Å².